The predicted molar refractivity (Wildman–Crippen MR) is 93.1 cm³/mol. The number of benzene rings is 1. The molecule has 2 heterocycles. The van der Waals surface area contributed by atoms with Crippen LogP contribution in [0.5, 0.6) is 0 Å². The molecule has 0 saturated carbocycles. The molecule has 6 nitrogen and oxygen atoms in total. The van der Waals surface area contributed by atoms with E-state index >= 15 is 0 Å². The molecular formula is C17H22ClN5O. The summed E-state index contributed by atoms with van der Waals surface area (Å²) in [6.45, 7) is 4.30. The van der Waals surface area contributed by atoms with E-state index in [4.69, 9.17) is 11.6 Å². The number of carbonyl (C=O) groups is 1. The number of halogens is 1. The van der Waals surface area contributed by atoms with Crippen molar-refractivity contribution in [2.45, 2.75) is 32.4 Å². The van der Waals surface area contributed by atoms with Crippen LogP contribution in [0.4, 0.5) is 0 Å². The van der Waals surface area contributed by atoms with Gasteiger partial charge in [-0.1, -0.05) is 35.0 Å². The summed E-state index contributed by atoms with van der Waals surface area (Å²) in [6.07, 6.45) is 2.01. The van der Waals surface area contributed by atoms with Gasteiger partial charge in [0.25, 0.3) is 5.91 Å². The van der Waals surface area contributed by atoms with Gasteiger partial charge in [-0.05, 0) is 44.5 Å². The number of hydrogen-bond acceptors (Lipinski definition) is 4. The number of nitrogens with zero attached hydrogens (tertiary/aromatic N) is 4. The van der Waals surface area contributed by atoms with Crippen molar-refractivity contribution >= 4 is 17.5 Å². The summed E-state index contributed by atoms with van der Waals surface area (Å²) < 4.78 is 1.90. The fourth-order valence-electron chi connectivity index (χ4n) is 3.07. The van der Waals surface area contributed by atoms with Crippen LogP contribution in [0.15, 0.2) is 24.3 Å². The number of aromatic nitrogens is 3. The van der Waals surface area contributed by atoms with Crippen LogP contribution < -0.4 is 5.32 Å². The van der Waals surface area contributed by atoms with Gasteiger partial charge in [0.15, 0.2) is 5.69 Å². The summed E-state index contributed by atoms with van der Waals surface area (Å²) in [6, 6.07) is 7.86. The van der Waals surface area contributed by atoms with Gasteiger partial charge in [0.2, 0.25) is 0 Å². The zero-order chi connectivity index (χ0) is 17.1. The summed E-state index contributed by atoms with van der Waals surface area (Å²) in [5.41, 5.74) is 2.17. The van der Waals surface area contributed by atoms with Gasteiger partial charge in [-0.3, -0.25) is 4.79 Å². The van der Waals surface area contributed by atoms with Crippen molar-refractivity contribution in [1.82, 2.24) is 25.2 Å². The van der Waals surface area contributed by atoms with Gasteiger partial charge in [-0.25, -0.2) is 4.68 Å². The Bertz CT molecular complexity index is 724. The molecule has 1 N–H and O–H groups in total. The van der Waals surface area contributed by atoms with Gasteiger partial charge < -0.3 is 10.2 Å². The molecule has 1 aromatic carbocycles. The number of piperidine rings is 1. The lowest BCUT2D eigenvalue weighted by atomic mass is 10.1. The molecule has 1 aliphatic rings. The summed E-state index contributed by atoms with van der Waals surface area (Å²) in [7, 11) is 1.76. The highest BCUT2D eigenvalue weighted by Gasteiger charge is 2.24. The van der Waals surface area contributed by atoms with E-state index in [9.17, 15) is 4.79 Å². The summed E-state index contributed by atoms with van der Waals surface area (Å²) >= 11 is 6.18. The molecule has 1 aliphatic heterocycles. The molecule has 0 bridgehead atoms. The van der Waals surface area contributed by atoms with Crippen LogP contribution in [0.2, 0.25) is 5.02 Å². The summed E-state index contributed by atoms with van der Waals surface area (Å²) in [4.78, 5) is 14.4. The summed E-state index contributed by atoms with van der Waals surface area (Å²) in [5.74, 6) is -0.132. The van der Waals surface area contributed by atoms with Crippen LogP contribution in [0.3, 0.4) is 0 Å². The zero-order valence-electron chi connectivity index (χ0n) is 14.0. The molecule has 2 aromatic rings. The number of hydrogen-bond donors (Lipinski definition) is 1. The van der Waals surface area contributed by atoms with E-state index in [1.165, 1.54) is 0 Å². The minimum absolute atomic E-state index is 0.132. The Morgan fingerprint density at radius 1 is 1.38 bits per heavy atom. The molecular weight excluding hydrogens is 326 g/mol. The molecule has 1 amide bonds. The van der Waals surface area contributed by atoms with Gasteiger partial charge in [0.05, 0.1) is 11.7 Å². The van der Waals surface area contributed by atoms with E-state index in [2.05, 4.69) is 15.6 Å². The monoisotopic (exact) mass is 347 g/mol. The molecule has 0 atom stereocenters. The Labute approximate surface area is 146 Å². The lowest BCUT2D eigenvalue weighted by Gasteiger charge is -2.23. The first-order valence-corrected chi connectivity index (χ1v) is 8.57. The average Bonchev–Trinajstić information content (AvgIpc) is 2.98. The van der Waals surface area contributed by atoms with E-state index in [-0.39, 0.29) is 5.91 Å². The van der Waals surface area contributed by atoms with Crippen LogP contribution in [0, 0.1) is 6.92 Å². The second-order valence-electron chi connectivity index (χ2n) is 6.20. The van der Waals surface area contributed by atoms with E-state index in [0.29, 0.717) is 23.3 Å². The lowest BCUT2D eigenvalue weighted by Crippen LogP contribution is -2.30. The topological polar surface area (TPSA) is 63.1 Å². The smallest absolute Gasteiger partial charge is 0.276 e. The van der Waals surface area contributed by atoms with Gasteiger partial charge in [0, 0.05) is 18.6 Å². The first-order valence-electron chi connectivity index (χ1n) is 8.19. The first kappa shape index (κ1) is 16.9. The normalized spacial score (nSPS) is 15.5. The number of amides is 1. The molecule has 1 fully saturated rings. The van der Waals surface area contributed by atoms with E-state index in [0.717, 1.165) is 37.2 Å². The lowest BCUT2D eigenvalue weighted by molar-refractivity contribution is 0.0778. The maximum absolute atomic E-state index is 12.7. The first-order chi connectivity index (χ1) is 11.6. The van der Waals surface area contributed by atoms with Crippen molar-refractivity contribution in [1.29, 1.82) is 0 Å². The van der Waals surface area contributed by atoms with Gasteiger partial charge in [-0.15, -0.1) is 5.10 Å². The molecule has 7 heteroatoms. The molecule has 0 spiro atoms. The van der Waals surface area contributed by atoms with Crippen molar-refractivity contribution in [3.63, 3.8) is 0 Å². The summed E-state index contributed by atoms with van der Waals surface area (Å²) in [5, 5.41) is 12.4. The van der Waals surface area contributed by atoms with E-state index in [1.807, 2.05) is 35.9 Å². The van der Waals surface area contributed by atoms with Crippen LogP contribution in [-0.2, 0) is 6.54 Å². The molecule has 24 heavy (non-hydrogen) atoms. The van der Waals surface area contributed by atoms with Crippen molar-refractivity contribution in [3.8, 4) is 0 Å². The largest absolute Gasteiger partial charge is 0.336 e. The Hall–Kier alpha value is -1.92. The van der Waals surface area contributed by atoms with Crippen molar-refractivity contribution in [3.05, 3.63) is 46.2 Å². The minimum Gasteiger partial charge on any atom is -0.336 e. The average molecular weight is 348 g/mol. The Morgan fingerprint density at radius 2 is 2.08 bits per heavy atom. The minimum atomic E-state index is -0.132. The van der Waals surface area contributed by atoms with E-state index in [1.54, 1.807) is 11.9 Å². The van der Waals surface area contributed by atoms with Gasteiger partial charge in [-0.2, -0.15) is 0 Å². The fourth-order valence-corrected chi connectivity index (χ4v) is 3.27. The maximum Gasteiger partial charge on any atom is 0.276 e. The highest BCUT2D eigenvalue weighted by atomic mass is 35.5. The second kappa shape index (κ2) is 7.32. The van der Waals surface area contributed by atoms with Crippen LogP contribution >= 0.6 is 11.6 Å². The quantitative estimate of drug-likeness (QED) is 0.922. The van der Waals surface area contributed by atoms with Crippen LogP contribution in [0.25, 0.3) is 0 Å². The number of carbonyl (C=O) groups excluding carboxylic acids is 1. The Morgan fingerprint density at radius 3 is 2.79 bits per heavy atom. The van der Waals surface area contributed by atoms with E-state index < -0.39 is 0 Å². The molecule has 0 aliphatic carbocycles. The molecule has 1 aromatic heterocycles. The maximum atomic E-state index is 12.7. The molecule has 1 saturated heterocycles. The number of nitrogens with one attached hydrogen (secondary N) is 1. The predicted octanol–water partition coefficient (Wildman–Crippen LogP) is 2.44. The molecule has 128 valence electrons. The zero-order valence-corrected chi connectivity index (χ0v) is 14.8. The fraction of sp³-hybridized carbons (Fsp3) is 0.471. The molecule has 0 radical (unpaired) electrons. The van der Waals surface area contributed by atoms with Crippen LogP contribution in [0.1, 0.15) is 40.6 Å². The Kier molecular flexibility index (Phi) is 5.16. The van der Waals surface area contributed by atoms with Crippen molar-refractivity contribution in [2.24, 2.45) is 0 Å². The SMILES string of the molecule is Cc1c(C(=O)N(C)Cc2ccccc2Cl)nnn1C1CCNCC1. The third kappa shape index (κ3) is 3.44. The van der Waals surface area contributed by atoms with Crippen molar-refractivity contribution < 1.29 is 4.79 Å². The third-order valence-electron chi connectivity index (χ3n) is 4.50. The van der Waals surface area contributed by atoms with Crippen molar-refractivity contribution in [2.75, 3.05) is 20.1 Å². The molecule has 0 unspecified atom stereocenters. The second-order valence-corrected chi connectivity index (χ2v) is 6.61. The van der Waals surface area contributed by atoms with Crippen LogP contribution in [-0.4, -0.2) is 45.9 Å². The van der Waals surface area contributed by atoms with Gasteiger partial charge in [0.1, 0.15) is 0 Å². The number of rotatable bonds is 4. The standard InChI is InChI=1S/C17H22ClN5O/c1-12-16(20-21-23(12)14-7-9-19-10-8-14)17(24)22(2)11-13-5-3-4-6-15(13)18/h3-6,14,19H,7-11H2,1-2H3. The third-order valence-corrected chi connectivity index (χ3v) is 4.87. The molecule has 3 rings (SSSR count). The Balaban J connectivity index is 1.75. The van der Waals surface area contributed by atoms with Gasteiger partial charge >= 0.3 is 0 Å². The highest BCUT2D eigenvalue weighted by molar-refractivity contribution is 6.31. The highest BCUT2D eigenvalue weighted by Crippen LogP contribution is 2.22.